The molecule has 0 aliphatic carbocycles. The maximum Gasteiger partial charge on any atom is 0.223 e. The molecule has 0 aliphatic rings. The molecule has 1 amide bonds. The monoisotopic (exact) mass is 195 g/mol. The summed E-state index contributed by atoms with van der Waals surface area (Å²) in [6.07, 6.45) is 4.29. The van der Waals surface area contributed by atoms with Crippen LogP contribution in [-0.2, 0) is 4.79 Å². The van der Waals surface area contributed by atoms with Gasteiger partial charge in [-0.05, 0) is 13.3 Å². The molecule has 1 aromatic rings. The van der Waals surface area contributed by atoms with Gasteiger partial charge in [-0.1, -0.05) is 13.8 Å². The van der Waals surface area contributed by atoms with Crippen molar-refractivity contribution in [2.24, 2.45) is 5.92 Å². The molecule has 0 saturated carbocycles. The molecule has 14 heavy (non-hydrogen) atoms. The van der Waals surface area contributed by atoms with Crippen molar-refractivity contribution in [3.05, 3.63) is 18.2 Å². The molecule has 4 heteroatoms. The van der Waals surface area contributed by atoms with E-state index in [1.165, 1.54) is 0 Å². The van der Waals surface area contributed by atoms with Gasteiger partial charge in [0, 0.05) is 18.3 Å². The molecule has 1 rings (SSSR count). The maximum atomic E-state index is 11.5. The van der Waals surface area contributed by atoms with Gasteiger partial charge in [0.15, 0.2) is 0 Å². The second-order valence-corrected chi connectivity index (χ2v) is 3.51. The molecule has 0 fully saturated rings. The zero-order valence-corrected chi connectivity index (χ0v) is 8.87. The number of nitrogens with one attached hydrogen (secondary N) is 2. The number of hydrogen-bond donors (Lipinski definition) is 2. The molecular formula is C10H17N3O. The zero-order valence-electron chi connectivity index (χ0n) is 8.87. The van der Waals surface area contributed by atoms with Crippen molar-refractivity contribution in [2.75, 3.05) is 0 Å². The Bertz CT molecular complexity index is 282. The van der Waals surface area contributed by atoms with Crippen molar-refractivity contribution in [1.82, 2.24) is 15.3 Å². The molecule has 1 heterocycles. The number of nitrogens with zero attached hydrogens (tertiary/aromatic N) is 1. The fourth-order valence-corrected chi connectivity index (χ4v) is 1.12. The fraction of sp³-hybridized carbons (Fsp3) is 0.600. The number of imidazole rings is 1. The van der Waals surface area contributed by atoms with Crippen molar-refractivity contribution < 1.29 is 4.79 Å². The largest absolute Gasteiger partial charge is 0.347 e. The lowest BCUT2D eigenvalue weighted by Gasteiger charge is -2.14. The number of carbonyl (C=O) groups is 1. The van der Waals surface area contributed by atoms with E-state index in [1.807, 2.05) is 20.8 Å². The van der Waals surface area contributed by atoms with E-state index < -0.39 is 0 Å². The second kappa shape index (κ2) is 4.79. The summed E-state index contributed by atoms with van der Waals surface area (Å²) in [7, 11) is 0. The lowest BCUT2D eigenvalue weighted by molar-refractivity contribution is -0.125. The highest BCUT2D eigenvalue weighted by molar-refractivity contribution is 5.78. The minimum absolute atomic E-state index is 0.0495. The van der Waals surface area contributed by atoms with E-state index in [4.69, 9.17) is 0 Å². The van der Waals surface area contributed by atoms with E-state index >= 15 is 0 Å². The van der Waals surface area contributed by atoms with E-state index in [-0.39, 0.29) is 17.9 Å². The van der Waals surface area contributed by atoms with Crippen LogP contribution in [0.2, 0.25) is 0 Å². The molecular weight excluding hydrogens is 178 g/mol. The Labute approximate surface area is 84.1 Å². The van der Waals surface area contributed by atoms with Crippen LogP contribution in [0.15, 0.2) is 12.4 Å². The van der Waals surface area contributed by atoms with Gasteiger partial charge < -0.3 is 10.3 Å². The van der Waals surface area contributed by atoms with Gasteiger partial charge in [-0.2, -0.15) is 0 Å². The SMILES string of the molecule is CCC(C)C(=O)NC(C)c1ncc[nH]1. The van der Waals surface area contributed by atoms with Crippen molar-refractivity contribution >= 4 is 5.91 Å². The van der Waals surface area contributed by atoms with Crippen LogP contribution in [0.3, 0.4) is 0 Å². The van der Waals surface area contributed by atoms with Gasteiger partial charge in [0.2, 0.25) is 5.91 Å². The van der Waals surface area contributed by atoms with Crippen LogP contribution < -0.4 is 5.32 Å². The molecule has 0 spiro atoms. The summed E-state index contributed by atoms with van der Waals surface area (Å²) in [5.41, 5.74) is 0. The lowest BCUT2D eigenvalue weighted by Crippen LogP contribution is -2.31. The Morgan fingerprint density at radius 1 is 1.64 bits per heavy atom. The summed E-state index contributed by atoms with van der Waals surface area (Å²) in [6, 6.07) is -0.0495. The average molecular weight is 195 g/mol. The maximum absolute atomic E-state index is 11.5. The van der Waals surface area contributed by atoms with Gasteiger partial charge in [0.1, 0.15) is 5.82 Å². The molecule has 0 bridgehead atoms. The molecule has 2 unspecified atom stereocenters. The summed E-state index contributed by atoms with van der Waals surface area (Å²) in [5, 5.41) is 2.90. The summed E-state index contributed by atoms with van der Waals surface area (Å²) >= 11 is 0. The Balaban J connectivity index is 2.49. The molecule has 0 aromatic carbocycles. The normalized spacial score (nSPS) is 14.8. The minimum Gasteiger partial charge on any atom is -0.347 e. The fourth-order valence-electron chi connectivity index (χ4n) is 1.12. The van der Waals surface area contributed by atoms with Crippen molar-refractivity contribution in [1.29, 1.82) is 0 Å². The van der Waals surface area contributed by atoms with Gasteiger partial charge in [-0.25, -0.2) is 4.98 Å². The average Bonchev–Trinajstić information content (AvgIpc) is 2.69. The molecule has 0 aliphatic heterocycles. The van der Waals surface area contributed by atoms with Crippen molar-refractivity contribution in [2.45, 2.75) is 33.2 Å². The van der Waals surface area contributed by atoms with Crippen LogP contribution in [0.1, 0.15) is 39.1 Å². The molecule has 4 nitrogen and oxygen atoms in total. The smallest absolute Gasteiger partial charge is 0.223 e. The third-order valence-electron chi connectivity index (χ3n) is 2.35. The van der Waals surface area contributed by atoms with E-state index in [9.17, 15) is 4.79 Å². The summed E-state index contributed by atoms with van der Waals surface area (Å²) in [4.78, 5) is 18.6. The Kier molecular flexibility index (Phi) is 3.68. The standard InChI is InChI=1S/C10H17N3O/c1-4-7(2)10(14)13-8(3)9-11-5-6-12-9/h5-8H,4H2,1-3H3,(H,11,12)(H,13,14). The lowest BCUT2D eigenvalue weighted by atomic mass is 10.1. The molecule has 0 saturated heterocycles. The number of rotatable bonds is 4. The van der Waals surface area contributed by atoms with E-state index in [0.29, 0.717) is 0 Å². The van der Waals surface area contributed by atoms with E-state index in [2.05, 4.69) is 15.3 Å². The molecule has 2 atom stereocenters. The van der Waals surface area contributed by atoms with Crippen LogP contribution in [0.4, 0.5) is 0 Å². The first-order valence-corrected chi connectivity index (χ1v) is 4.94. The topological polar surface area (TPSA) is 57.8 Å². The van der Waals surface area contributed by atoms with Gasteiger partial charge in [-0.15, -0.1) is 0 Å². The highest BCUT2D eigenvalue weighted by atomic mass is 16.1. The second-order valence-electron chi connectivity index (χ2n) is 3.51. The van der Waals surface area contributed by atoms with Crippen LogP contribution in [0.5, 0.6) is 0 Å². The Morgan fingerprint density at radius 3 is 2.86 bits per heavy atom. The summed E-state index contributed by atoms with van der Waals surface area (Å²) in [5.74, 6) is 0.936. The first-order chi connectivity index (χ1) is 6.65. The Hall–Kier alpha value is -1.32. The van der Waals surface area contributed by atoms with Gasteiger partial charge in [0.05, 0.1) is 6.04 Å². The zero-order chi connectivity index (χ0) is 10.6. The molecule has 1 aromatic heterocycles. The minimum atomic E-state index is -0.0495. The number of carbonyl (C=O) groups excluding carboxylic acids is 1. The number of aromatic nitrogens is 2. The quantitative estimate of drug-likeness (QED) is 0.767. The van der Waals surface area contributed by atoms with Gasteiger partial charge in [0.25, 0.3) is 0 Å². The Morgan fingerprint density at radius 2 is 2.36 bits per heavy atom. The predicted molar refractivity (Wildman–Crippen MR) is 54.6 cm³/mol. The number of aromatic amines is 1. The summed E-state index contributed by atoms with van der Waals surface area (Å²) in [6.45, 7) is 5.84. The number of amides is 1. The van der Waals surface area contributed by atoms with E-state index in [0.717, 1.165) is 12.2 Å². The van der Waals surface area contributed by atoms with Crippen LogP contribution in [-0.4, -0.2) is 15.9 Å². The van der Waals surface area contributed by atoms with Gasteiger partial charge in [-0.3, -0.25) is 4.79 Å². The van der Waals surface area contributed by atoms with Gasteiger partial charge >= 0.3 is 0 Å². The first kappa shape index (κ1) is 10.8. The first-order valence-electron chi connectivity index (χ1n) is 4.94. The van der Waals surface area contributed by atoms with Crippen molar-refractivity contribution in [3.8, 4) is 0 Å². The predicted octanol–water partition coefficient (Wildman–Crippen LogP) is 1.63. The van der Waals surface area contributed by atoms with E-state index in [1.54, 1.807) is 12.4 Å². The highest BCUT2D eigenvalue weighted by Crippen LogP contribution is 2.08. The third-order valence-corrected chi connectivity index (χ3v) is 2.35. The molecule has 2 N–H and O–H groups in total. The van der Waals surface area contributed by atoms with Crippen molar-refractivity contribution in [3.63, 3.8) is 0 Å². The third kappa shape index (κ3) is 2.58. The number of H-pyrrole nitrogens is 1. The molecule has 0 radical (unpaired) electrons. The summed E-state index contributed by atoms with van der Waals surface area (Å²) < 4.78 is 0. The van der Waals surface area contributed by atoms with Crippen LogP contribution in [0, 0.1) is 5.92 Å². The molecule has 78 valence electrons. The van der Waals surface area contributed by atoms with Crippen LogP contribution in [0.25, 0.3) is 0 Å². The van der Waals surface area contributed by atoms with Crippen LogP contribution >= 0.6 is 0 Å². The highest BCUT2D eigenvalue weighted by Gasteiger charge is 2.15. The number of hydrogen-bond acceptors (Lipinski definition) is 2.